The Balaban J connectivity index is 2.13. The van der Waals surface area contributed by atoms with Gasteiger partial charge in [0.05, 0.1) is 5.69 Å². The second-order valence-electron chi connectivity index (χ2n) is 4.36. The molecular weight excluding hydrogens is 284 g/mol. The molecule has 2 aliphatic heterocycles. The van der Waals surface area contributed by atoms with Crippen LogP contribution < -0.4 is 5.32 Å². The summed E-state index contributed by atoms with van der Waals surface area (Å²) in [7, 11) is 0. The maximum atomic E-state index is 11.9. The molecule has 88 valence electrons. The van der Waals surface area contributed by atoms with Crippen LogP contribution in [0, 0.1) is 5.92 Å². The molecule has 0 aliphatic carbocycles. The number of aliphatic imine (C=N–C) groups is 1. The number of nitrogens with one attached hydrogen (secondary N) is 1. The first-order valence-corrected chi connectivity index (χ1v) is 6.23. The average molecular weight is 295 g/mol. The Hall–Kier alpha value is -1.43. The Morgan fingerprint density at radius 2 is 2.41 bits per heavy atom. The molecular formula is C11H11BrN4O. The molecule has 0 saturated heterocycles. The fourth-order valence-electron chi connectivity index (χ4n) is 2.06. The molecule has 3 heterocycles. The molecule has 3 rings (SSSR count). The molecule has 1 N–H and O–H groups in total. The van der Waals surface area contributed by atoms with E-state index >= 15 is 0 Å². The third-order valence-corrected chi connectivity index (χ3v) is 3.29. The van der Waals surface area contributed by atoms with Gasteiger partial charge >= 0.3 is 6.03 Å². The lowest BCUT2D eigenvalue weighted by Crippen LogP contribution is -2.49. The molecule has 1 aromatic heterocycles. The third-order valence-electron chi connectivity index (χ3n) is 2.86. The van der Waals surface area contributed by atoms with Crippen molar-refractivity contribution in [1.29, 1.82) is 0 Å². The summed E-state index contributed by atoms with van der Waals surface area (Å²) in [5.41, 5.74) is 1.47. The van der Waals surface area contributed by atoms with Gasteiger partial charge in [-0.05, 0) is 27.9 Å². The van der Waals surface area contributed by atoms with Crippen molar-refractivity contribution in [2.24, 2.45) is 10.9 Å². The fourth-order valence-corrected chi connectivity index (χ4v) is 2.39. The molecule has 1 atom stereocenters. The van der Waals surface area contributed by atoms with Crippen molar-refractivity contribution in [3.63, 3.8) is 0 Å². The average Bonchev–Trinajstić information content (AvgIpc) is 2.29. The van der Waals surface area contributed by atoms with E-state index in [1.165, 1.54) is 0 Å². The van der Waals surface area contributed by atoms with E-state index in [1.807, 2.05) is 6.07 Å². The molecule has 2 aliphatic rings. The van der Waals surface area contributed by atoms with Gasteiger partial charge in [0.15, 0.2) is 5.84 Å². The number of hydrogen-bond donors (Lipinski definition) is 1. The van der Waals surface area contributed by atoms with Gasteiger partial charge in [0, 0.05) is 23.8 Å². The lowest BCUT2D eigenvalue weighted by Gasteiger charge is -2.34. The Morgan fingerprint density at radius 3 is 3.24 bits per heavy atom. The van der Waals surface area contributed by atoms with Gasteiger partial charge in [0.25, 0.3) is 0 Å². The quantitative estimate of drug-likeness (QED) is 0.796. The Bertz CT molecular complexity index is 528. The second kappa shape index (κ2) is 3.80. The molecule has 6 heteroatoms. The molecule has 0 spiro atoms. The molecule has 1 unspecified atom stereocenters. The van der Waals surface area contributed by atoms with E-state index in [4.69, 9.17) is 0 Å². The van der Waals surface area contributed by atoms with E-state index in [0.29, 0.717) is 24.0 Å². The Kier molecular flexibility index (Phi) is 2.39. The second-order valence-corrected chi connectivity index (χ2v) is 5.28. The molecule has 0 aromatic carbocycles. The van der Waals surface area contributed by atoms with Gasteiger partial charge in [-0.2, -0.15) is 0 Å². The van der Waals surface area contributed by atoms with Crippen molar-refractivity contribution in [3.8, 4) is 0 Å². The summed E-state index contributed by atoms with van der Waals surface area (Å²) in [5.74, 6) is 1.08. The fraction of sp³-hybridized carbons (Fsp3) is 0.364. The first-order chi connectivity index (χ1) is 8.15. The number of carbonyl (C=O) groups is 1. The number of hydrogen-bond acceptors (Lipinski definition) is 3. The van der Waals surface area contributed by atoms with Crippen LogP contribution in [0.5, 0.6) is 0 Å². The van der Waals surface area contributed by atoms with Crippen LogP contribution in [-0.4, -0.2) is 34.8 Å². The highest BCUT2D eigenvalue weighted by Crippen LogP contribution is 2.27. The SMILES string of the molecule is CC1CN=C2c3ncc(Br)cc3NC(=O)N2C1. The van der Waals surface area contributed by atoms with Crippen LogP contribution in [0.3, 0.4) is 0 Å². The maximum Gasteiger partial charge on any atom is 0.327 e. The number of anilines is 1. The summed E-state index contributed by atoms with van der Waals surface area (Å²) in [6.45, 7) is 3.52. The van der Waals surface area contributed by atoms with Gasteiger partial charge in [0.2, 0.25) is 0 Å². The van der Waals surface area contributed by atoms with E-state index < -0.39 is 0 Å². The van der Waals surface area contributed by atoms with Crippen LogP contribution in [0.15, 0.2) is 21.7 Å². The first-order valence-electron chi connectivity index (χ1n) is 5.44. The summed E-state index contributed by atoms with van der Waals surface area (Å²) in [6, 6.07) is 1.72. The van der Waals surface area contributed by atoms with Crippen LogP contribution in [0.2, 0.25) is 0 Å². The summed E-state index contributed by atoms with van der Waals surface area (Å²) in [6.07, 6.45) is 1.72. The van der Waals surface area contributed by atoms with Crippen LogP contribution in [-0.2, 0) is 0 Å². The topological polar surface area (TPSA) is 57.6 Å². The van der Waals surface area contributed by atoms with Crippen molar-refractivity contribution in [1.82, 2.24) is 9.88 Å². The summed E-state index contributed by atoms with van der Waals surface area (Å²) in [5, 5.41) is 2.83. The zero-order chi connectivity index (χ0) is 12.0. The molecule has 17 heavy (non-hydrogen) atoms. The lowest BCUT2D eigenvalue weighted by molar-refractivity contribution is 0.225. The normalized spacial score (nSPS) is 22.5. The third kappa shape index (κ3) is 1.72. The minimum absolute atomic E-state index is 0.122. The summed E-state index contributed by atoms with van der Waals surface area (Å²) >= 11 is 3.34. The Labute approximate surface area is 107 Å². The number of nitrogens with zero attached hydrogens (tertiary/aromatic N) is 3. The van der Waals surface area contributed by atoms with Crippen molar-refractivity contribution >= 4 is 33.5 Å². The van der Waals surface area contributed by atoms with Gasteiger partial charge < -0.3 is 5.32 Å². The zero-order valence-electron chi connectivity index (χ0n) is 9.27. The molecule has 0 fully saturated rings. The van der Waals surface area contributed by atoms with Gasteiger partial charge in [-0.15, -0.1) is 0 Å². The first kappa shape index (κ1) is 10.7. The minimum Gasteiger partial charge on any atom is -0.305 e. The van der Waals surface area contributed by atoms with Crippen LogP contribution in [0.4, 0.5) is 10.5 Å². The molecule has 0 bridgehead atoms. The number of carbonyl (C=O) groups excluding carboxylic acids is 1. The van der Waals surface area contributed by atoms with Crippen molar-refractivity contribution in [2.45, 2.75) is 6.92 Å². The Morgan fingerprint density at radius 1 is 1.59 bits per heavy atom. The molecule has 0 radical (unpaired) electrons. The molecule has 5 nitrogen and oxygen atoms in total. The number of amides is 2. The predicted octanol–water partition coefficient (Wildman–Crippen LogP) is 2.09. The number of rotatable bonds is 0. The van der Waals surface area contributed by atoms with E-state index in [2.05, 4.69) is 38.1 Å². The predicted molar refractivity (Wildman–Crippen MR) is 68.2 cm³/mol. The number of urea groups is 1. The highest BCUT2D eigenvalue weighted by Gasteiger charge is 2.33. The molecule has 2 amide bonds. The number of amidine groups is 1. The standard InChI is InChI=1S/C11H11BrN4O/c1-6-3-14-10-9-8(2-7(12)4-13-9)15-11(17)16(10)5-6/h2,4,6H,3,5H2,1H3,(H,15,17). The lowest BCUT2D eigenvalue weighted by atomic mass is 10.1. The number of fused-ring (bicyclic) bond motifs is 3. The summed E-state index contributed by atoms with van der Waals surface area (Å²) < 4.78 is 0.842. The smallest absolute Gasteiger partial charge is 0.305 e. The van der Waals surface area contributed by atoms with Crippen molar-refractivity contribution in [2.75, 3.05) is 18.4 Å². The molecule has 0 saturated carbocycles. The number of halogens is 1. The van der Waals surface area contributed by atoms with Crippen molar-refractivity contribution < 1.29 is 4.79 Å². The number of aromatic nitrogens is 1. The van der Waals surface area contributed by atoms with Crippen LogP contribution in [0.25, 0.3) is 0 Å². The highest BCUT2D eigenvalue weighted by molar-refractivity contribution is 9.10. The van der Waals surface area contributed by atoms with E-state index in [0.717, 1.165) is 16.7 Å². The van der Waals surface area contributed by atoms with E-state index in [9.17, 15) is 4.79 Å². The van der Waals surface area contributed by atoms with Gasteiger partial charge in [-0.25, -0.2) is 9.78 Å². The highest BCUT2D eigenvalue weighted by atomic mass is 79.9. The van der Waals surface area contributed by atoms with Crippen molar-refractivity contribution in [3.05, 3.63) is 22.4 Å². The minimum atomic E-state index is -0.122. The van der Waals surface area contributed by atoms with Gasteiger partial charge in [0.1, 0.15) is 5.69 Å². The summed E-state index contributed by atoms with van der Waals surface area (Å²) in [4.78, 5) is 22.4. The molecule has 1 aromatic rings. The zero-order valence-corrected chi connectivity index (χ0v) is 10.9. The van der Waals surface area contributed by atoms with Crippen LogP contribution >= 0.6 is 15.9 Å². The van der Waals surface area contributed by atoms with Gasteiger partial charge in [-0.3, -0.25) is 9.89 Å². The van der Waals surface area contributed by atoms with Crippen LogP contribution in [0.1, 0.15) is 12.6 Å². The van der Waals surface area contributed by atoms with E-state index in [-0.39, 0.29) is 6.03 Å². The number of pyridine rings is 1. The monoisotopic (exact) mass is 294 g/mol. The maximum absolute atomic E-state index is 11.9. The van der Waals surface area contributed by atoms with Gasteiger partial charge in [-0.1, -0.05) is 6.92 Å². The largest absolute Gasteiger partial charge is 0.327 e. The van der Waals surface area contributed by atoms with E-state index in [1.54, 1.807) is 11.1 Å².